The van der Waals surface area contributed by atoms with Crippen molar-refractivity contribution in [2.75, 3.05) is 18.9 Å². The molecule has 1 aromatic carbocycles. The molecule has 2 amide bonds. The number of fused-ring (bicyclic) bond motifs is 1. The molecule has 0 aliphatic rings. The zero-order valence-corrected chi connectivity index (χ0v) is 13.2. The number of aromatic nitrogens is 1. The number of carboxylic acid groups (broad SMARTS) is 1. The lowest BCUT2D eigenvalue weighted by Crippen LogP contribution is -2.36. The average Bonchev–Trinajstić information content (AvgIpc) is 2.80. The lowest BCUT2D eigenvalue weighted by atomic mass is 10.2. The molecule has 0 radical (unpaired) electrons. The zero-order chi connectivity index (χ0) is 16.4. The number of thiazole rings is 1. The normalized spacial score (nSPS) is 12.2. The third-order valence-corrected chi connectivity index (χ3v) is 4.13. The number of carboxylic acids is 1. The Hall–Kier alpha value is -2.22. The van der Waals surface area contributed by atoms with Crippen LogP contribution < -0.4 is 5.32 Å². The lowest BCUT2D eigenvalue weighted by Gasteiger charge is -2.19. The second-order valence-corrected chi connectivity index (χ2v) is 6.17. The fourth-order valence-electron chi connectivity index (χ4n) is 1.86. The van der Waals surface area contributed by atoms with Crippen LogP contribution in [0.25, 0.3) is 10.2 Å². The highest BCUT2D eigenvalue weighted by Gasteiger charge is 2.18. The maximum absolute atomic E-state index is 13.5. The van der Waals surface area contributed by atoms with Crippen molar-refractivity contribution in [1.82, 2.24) is 9.88 Å². The number of anilines is 1. The highest BCUT2D eigenvalue weighted by molar-refractivity contribution is 7.22. The molecule has 1 unspecified atom stereocenters. The Morgan fingerprint density at radius 1 is 1.50 bits per heavy atom. The molecule has 1 heterocycles. The summed E-state index contributed by atoms with van der Waals surface area (Å²) in [5, 5.41) is 11.8. The summed E-state index contributed by atoms with van der Waals surface area (Å²) < 4.78 is 14.3. The van der Waals surface area contributed by atoms with Crippen LogP contribution in [0.2, 0.25) is 0 Å². The van der Waals surface area contributed by atoms with E-state index >= 15 is 0 Å². The van der Waals surface area contributed by atoms with E-state index in [4.69, 9.17) is 5.11 Å². The number of aryl methyl sites for hydroxylation is 1. The van der Waals surface area contributed by atoms with Crippen LogP contribution in [0, 0.1) is 18.7 Å². The van der Waals surface area contributed by atoms with Crippen molar-refractivity contribution in [3.05, 3.63) is 23.5 Å². The molecule has 1 atom stereocenters. The Morgan fingerprint density at radius 2 is 2.18 bits per heavy atom. The van der Waals surface area contributed by atoms with Gasteiger partial charge in [0, 0.05) is 19.7 Å². The van der Waals surface area contributed by atoms with E-state index in [-0.39, 0.29) is 12.4 Å². The van der Waals surface area contributed by atoms with E-state index in [0.29, 0.717) is 16.2 Å². The first-order valence-electron chi connectivity index (χ1n) is 6.59. The number of rotatable bonds is 4. The maximum atomic E-state index is 13.5. The van der Waals surface area contributed by atoms with Gasteiger partial charge in [0.25, 0.3) is 0 Å². The number of carbonyl (C=O) groups excluding carboxylic acids is 1. The predicted molar refractivity (Wildman–Crippen MR) is 82.8 cm³/mol. The van der Waals surface area contributed by atoms with E-state index in [1.165, 1.54) is 36.3 Å². The molecule has 0 saturated heterocycles. The summed E-state index contributed by atoms with van der Waals surface area (Å²) in [4.78, 5) is 28.2. The van der Waals surface area contributed by atoms with Gasteiger partial charge in [0.05, 0.1) is 16.1 Å². The molecule has 0 spiro atoms. The molecule has 2 aromatic rings. The number of carbonyl (C=O) groups is 2. The Labute approximate surface area is 130 Å². The third kappa shape index (κ3) is 3.51. The number of nitrogens with zero attached hydrogens (tertiary/aromatic N) is 2. The quantitative estimate of drug-likeness (QED) is 0.905. The molecule has 8 heteroatoms. The van der Waals surface area contributed by atoms with Crippen LogP contribution in [0.3, 0.4) is 0 Å². The smallest absolute Gasteiger partial charge is 0.323 e. The Kier molecular flexibility index (Phi) is 4.60. The standard InChI is InChI=1S/C14H16FN3O3S/c1-7-4-11-10(5-9(7)15)16-13(22-11)17-14(21)18(3)6-8(2)12(19)20/h4-5,8H,6H2,1-3H3,(H,19,20)(H,16,17,21). The topological polar surface area (TPSA) is 82.5 Å². The van der Waals surface area contributed by atoms with Crippen molar-refractivity contribution in [2.24, 2.45) is 5.92 Å². The van der Waals surface area contributed by atoms with Crippen LogP contribution in [0.4, 0.5) is 14.3 Å². The molecule has 2 N–H and O–H groups in total. The summed E-state index contributed by atoms with van der Waals surface area (Å²) in [6.07, 6.45) is 0. The summed E-state index contributed by atoms with van der Waals surface area (Å²) >= 11 is 1.24. The molecule has 0 bridgehead atoms. The van der Waals surface area contributed by atoms with Gasteiger partial charge in [-0.25, -0.2) is 14.2 Å². The Bertz CT molecular complexity index is 692. The van der Waals surface area contributed by atoms with E-state index in [9.17, 15) is 14.0 Å². The van der Waals surface area contributed by atoms with Gasteiger partial charge >= 0.3 is 12.0 Å². The summed E-state index contributed by atoms with van der Waals surface area (Å²) in [5.41, 5.74) is 0.992. The van der Waals surface area contributed by atoms with E-state index in [1.807, 2.05) is 0 Å². The second-order valence-electron chi connectivity index (χ2n) is 5.14. The van der Waals surface area contributed by atoms with Gasteiger partial charge < -0.3 is 10.0 Å². The summed E-state index contributed by atoms with van der Waals surface area (Å²) in [5.74, 6) is -1.98. The average molecular weight is 325 g/mol. The van der Waals surface area contributed by atoms with Crippen molar-refractivity contribution >= 4 is 38.7 Å². The number of urea groups is 1. The number of halogens is 1. The molecule has 2 rings (SSSR count). The molecule has 22 heavy (non-hydrogen) atoms. The minimum atomic E-state index is -0.967. The van der Waals surface area contributed by atoms with Gasteiger partial charge in [-0.05, 0) is 18.6 Å². The minimum absolute atomic E-state index is 0.0831. The van der Waals surface area contributed by atoms with E-state index < -0.39 is 17.9 Å². The van der Waals surface area contributed by atoms with Crippen LogP contribution in [0.1, 0.15) is 12.5 Å². The third-order valence-electron chi connectivity index (χ3n) is 3.20. The first kappa shape index (κ1) is 16.2. The van der Waals surface area contributed by atoms with Crippen molar-refractivity contribution < 1.29 is 19.1 Å². The number of benzene rings is 1. The minimum Gasteiger partial charge on any atom is -0.481 e. The van der Waals surface area contributed by atoms with Crippen LogP contribution in [0.5, 0.6) is 0 Å². The number of amides is 2. The molecule has 0 aliphatic heterocycles. The molecule has 118 valence electrons. The summed E-state index contributed by atoms with van der Waals surface area (Å²) in [7, 11) is 1.51. The number of nitrogens with one attached hydrogen (secondary N) is 1. The highest BCUT2D eigenvalue weighted by Crippen LogP contribution is 2.28. The predicted octanol–water partition coefficient (Wildman–Crippen LogP) is 2.93. The highest BCUT2D eigenvalue weighted by atomic mass is 32.1. The van der Waals surface area contributed by atoms with E-state index in [1.54, 1.807) is 13.0 Å². The number of hydrogen-bond acceptors (Lipinski definition) is 4. The Morgan fingerprint density at radius 3 is 2.82 bits per heavy atom. The number of aliphatic carboxylic acids is 1. The monoisotopic (exact) mass is 325 g/mol. The van der Waals surface area contributed by atoms with Gasteiger partial charge in [-0.3, -0.25) is 10.1 Å². The van der Waals surface area contributed by atoms with E-state index in [2.05, 4.69) is 10.3 Å². The van der Waals surface area contributed by atoms with Gasteiger partial charge in [0.2, 0.25) is 0 Å². The SMILES string of the molecule is Cc1cc2sc(NC(=O)N(C)CC(C)C(=O)O)nc2cc1F. The van der Waals surface area contributed by atoms with Crippen molar-refractivity contribution in [1.29, 1.82) is 0 Å². The van der Waals surface area contributed by atoms with Gasteiger partial charge in [-0.1, -0.05) is 18.3 Å². The largest absolute Gasteiger partial charge is 0.481 e. The molecule has 1 aromatic heterocycles. The summed E-state index contributed by atoms with van der Waals surface area (Å²) in [6, 6.07) is 2.55. The van der Waals surface area contributed by atoms with Gasteiger partial charge in [-0.2, -0.15) is 0 Å². The first-order valence-corrected chi connectivity index (χ1v) is 7.41. The number of hydrogen-bond donors (Lipinski definition) is 2. The van der Waals surface area contributed by atoms with Crippen LogP contribution in [-0.2, 0) is 4.79 Å². The van der Waals surface area contributed by atoms with Crippen LogP contribution >= 0.6 is 11.3 Å². The van der Waals surface area contributed by atoms with Gasteiger partial charge in [0.1, 0.15) is 5.82 Å². The molecular formula is C14H16FN3O3S. The molecule has 0 saturated carbocycles. The lowest BCUT2D eigenvalue weighted by molar-refractivity contribution is -0.141. The van der Waals surface area contributed by atoms with Gasteiger partial charge in [0.15, 0.2) is 5.13 Å². The van der Waals surface area contributed by atoms with Gasteiger partial charge in [-0.15, -0.1) is 0 Å². The maximum Gasteiger partial charge on any atom is 0.323 e. The first-order chi connectivity index (χ1) is 10.3. The molecule has 6 nitrogen and oxygen atoms in total. The van der Waals surface area contributed by atoms with E-state index in [0.717, 1.165) is 4.70 Å². The Balaban J connectivity index is 2.10. The molecular weight excluding hydrogens is 309 g/mol. The second kappa shape index (κ2) is 6.27. The zero-order valence-electron chi connectivity index (χ0n) is 12.4. The van der Waals surface area contributed by atoms with Crippen molar-refractivity contribution in [3.63, 3.8) is 0 Å². The van der Waals surface area contributed by atoms with Crippen LogP contribution in [0.15, 0.2) is 12.1 Å². The van der Waals surface area contributed by atoms with Crippen LogP contribution in [-0.4, -0.2) is 40.6 Å². The fourth-order valence-corrected chi connectivity index (χ4v) is 2.80. The van der Waals surface area contributed by atoms with Crippen molar-refractivity contribution in [2.45, 2.75) is 13.8 Å². The molecule has 0 aliphatic carbocycles. The molecule has 0 fully saturated rings. The summed E-state index contributed by atoms with van der Waals surface area (Å²) in [6.45, 7) is 3.27. The fraction of sp³-hybridized carbons (Fsp3) is 0.357. The van der Waals surface area contributed by atoms with Crippen molar-refractivity contribution in [3.8, 4) is 0 Å².